The monoisotopic (exact) mass is 379 g/mol. The highest BCUT2D eigenvalue weighted by molar-refractivity contribution is 6.06. The van der Waals surface area contributed by atoms with Gasteiger partial charge >= 0.3 is 0 Å². The molecule has 0 spiro atoms. The summed E-state index contributed by atoms with van der Waals surface area (Å²) in [6.45, 7) is 1.97. The lowest BCUT2D eigenvalue weighted by molar-refractivity contribution is 0.102. The van der Waals surface area contributed by atoms with Crippen LogP contribution in [-0.4, -0.2) is 25.7 Å². The second kappa shape index (κ2) is 6.83. The van der Waals surface area contributed by atoms with Crippen molar-refractivity contribution in [2.45, 2.75) is 6.92 Å². The zero-order chi connectivity index (χ0) is 19.8. The summed E-state index contributed by atoms with van der Waals surface area (Å²) in [4.78, 5) is 12.7. The molecule has 140 valence electrons. The number of aromatic nitrogens is 4. The average molecular weight is 379 g/mol. The Morgan fingerprint density at radius 2 is 1.52 bits per heavy atom. The number of fused-ring (bicyclic) bond motifs is 3. The molecule has 3 aromatic carbocycles. The highest BCUT2D eigenvalue weighted by Gasteiger charge is 2.17. The number of nitrogens with one attached hydrogen (secondary N) is 1. The number of amides is 1. The summed E-state index contributed by atoms with van der Waals surface area (Å²) in [7, 11) is 0. The van der Waals surface area contributed by atoms with E-state index in [-0.39, 0.29) is 5.91 Å². The van der Waals surface area contributed by atoms with E-state index in [1.807, 2.05) is 73.7 Å². The standard InChI is InChI=1S/C23H17N5O/c1-15-17-11-5-6-12-18(17)21-25-26-22(28(21)27-15)19-13-7-8-14-20(19)24-23(29)16-9-3-2-4-10-16/h2-14H,1H3,(H,24,29). The summed E-state index contributed by atoms with van der Waals surface area (Å²) in [5.41, 5.74) is 3.58. The molecule has 5 aromatic rings. The maximum atomic E-state index is 12.7. The van der Waals surface area contributed by atoms with Gasteiger partial charge in [0.2, 0.25) is 0 Å². The lowest BCUT2D eigenvalue weighted by Crippen LogP contribution is -2.12. The second-order valence-electron chi connectivity index (χ2n) is 6.76. The molecule has 6 heteroatoms. The summed E-state index contributed by atoms with van der Waals surface area (Å²) >= 11 is 0. The summed E-state index contributed by atoms with van der Waals surface area (Å²) in [6.07, 6.45) is 0. The maximum Gasteiger partial charge on any atom is 0.255 e. The number of benzene rings is 3. The second-order valence-corrected chi connectivity index (χ2v) is 6.76. The number of para-hydroxylation sites is 1. The fourth-order valence-corrected chi connectivity index (χ4v) is 3.48. The van der Waals surface area contributed by atoms with Gasteiger partial charge in [-0.1, -0.05) is 54.6 Å². The smallest absolute Gasteiger partial charge is 0.255 e. The topological polar surface area (TPSA) is 72.2 Å². The van der Waals surface area contributed by atoms with Crippen LogP contribution in [0.15, 0.2) is 78.9 Å². The molecular formula is C23H17N5O. The zero-order valence-corrected chi connectivity index (χ0v) is 15.7. The van der Waals surface area contributed by atoms with Crippen molar-refractivity contribution in [1.82, 2.24) is 19.8 Å². The number of anilines is 1. The van der Waals surface area contributed by atoms with Crippen LogP contribution in [0.2, 0.25) is 0 Å². The molecule has 0 aliphatic heterocycles. The van der Waals surface area contributed by atoms with Gasteiger partial charge in [0, 0.05) is 21.9 Å². The van der Waals surface area contributed by atoms with E-state index in [1.54, 1.807) is 16.6 Å². The molecule has 0 saturated carbocycles. The van der Waals surface area contributed by atoms with Crippen molar-refractivity contribution in [3.63, 3.8) is 0 Å². The Morgan fingerprint density at radius 3 is 2.34 bits per heavy atom. The van der Waals surface area contributed by atoms with Crippen LogP contribution in [0.4, 0.5) is 5.69 Å². The fraction of sp³-hybridized carbons (Fsp3) is 0.0435. The van der Waals surface area contributed by atoms with Crippen molar-refractivity contribution in [3.05, 3.63) is 90.1 Å². The van der Waals surface area contributed by atoms with E-state index in [2.05, 4.69) is 15.5 Å². The van der Waals surface area contributed by atoms with Crippen LogP contribution in [0.3, 0.4) is 0 Å². The molecule has 0 fully saturated rings. The Balaban J connectivity index is 1.64. The molecule has 29 heavy (non-hydrogen) atoms. The number of carbonyl (C=O) groups is 1. The van der Waals surface area contributed by atoms with Crippen LogP contribution >= 0.6 is 0 Å². The first-order chi connectivity index (χ1) is 14.2. The van der Waals surface area contributed by atoms with Gasteiger partial charge in [-0.25, -0.2) is 0 Å². The number of hydrogen-bond donors (Lipinski definition) is 1. The van der Waals surface area contributed by atoms with Gasteiger partial charge in [-0.05, 0) is 31.2 Å². The van der Waals surface area contributed by atoms with E-state index < -0.39 is 0 Å². The van der Waals surface area contributed by atoms with Gasteiger partial charge in [0.25, 0.3) is 5.91 Å². The Bertz CT molecular complexity index is 1360. The molecule has 0 bridgehead atoms. The minimum absolute atomic E-state index is 0.179. The van der Waals surface area contributed by atoms with Crippen molar-refractivity contribution in [1.29, 1.82) is 0 Å². The molecule has 0 aliphatic rings. The zero-order valence-electron chi connectivity index (χ0n) is 15.7. The Hall–Kier alpha value is -4.06. The van der Waals surface area contributed by atoms with Crippen molar-refractivity contribution in [2.75, 3.05) is 5.32 Å². The highest BCUT2D eigenvalue weighted by Crippen LogP contribution is 2.29. The third kappa shape index (κ3) is 2.91. The molecule has 1 N–H and O–H groups in total. The Labute approximate surface area is 166 Å². The Morgan fingerprint density at radius 1 is 0.828 bits per heavy atom. The molecule has 0 aliphatic carbocycles. The van der Waals surface area contributed by atoms with Gasteiger partial charge in [0.05, 0.1) is 11.4 Å². The molecule has 0 saturated heterocycles. The fourth-order valence-electron chi connectivity index (χ4n) is 3.48. The highest BCUT2D eigenvalue weighted by atomic mass is 16.1. The van der Waals surface area contributed by atoms with Crippen LogP contribution in [0, 0.1) is 6.92 Å². The molecule has 5 rings (SSSR count). The summed E-state index contributed by atoms with van der Waals surface area (Å²) < 4.78 is 1.74. The van der Waals surface area contributed by atoms with Crippen LogP contribution in [0.5, 0.6) is 0 Å². The van der Waals surface area contributed by atoms with Crippen LogP contribution in [0.25, 0.3) is 27.8 Å². The van der Waals surface area contributed by atoms with Gasteiger partial charge < -0.3 is 5.32 Å². The van der Waals surface area contributed by atoms with E-state index in [0.717, 1.165) is 22.0 Å². The predicted molar refractivity (Wildman–Crippen MR) is 113 cm³/mol. The quantitative estimate of drug-likeness (QED) is 0.501. The van der Waals surface area contributed by atoms with Crippen molar-refractivity contribution >= 4 is 28.0 Å². The normalized spacial score (nSPS) is 11.1. The van der Waals surface area contributed by atoms with Crippen LogP contribution < -0.4 is 5.32 Å². The van der Waals surface area contributed by atoms with Crippen LogP contribution in [-0.2, 0) is 0 Å². The number of aryl methyl sites for hydroxylation is 1. The molecule has 2 heterocycles. The molecule has 0 radical (unpaired) electrons. The molecule has 6 nitrogen and oxygen atoms in total. The first-order valence-corrected chi connectivity index (χ1v) is 9.29. The minimum Gasteiger partial charge on any atom is -0.321 e. The number of nitrogens with zero attached hydrogens (tertiary/aromatic N) is 4. The first-order valence-electron chi connectivity index (χ1n) is 9.29. The maximum absolute atomic E-state index is 12.7. The number of carbonyl (C=O) groups excluding carboxylic acids is 1. The molecule has 2 aromatic heterocycles. The molecule has 1 amide bonds. The average Bonchev–Trinajstić information content (AvgIpc) is 3.19. The third-order valence-electron chi connectivity index (χ3n) is 4.90. The van der Waals surface area contributed by atoms with Crippen molar-refractivity contribution in [3.8, 4) is 11.4 Å². The lowest BCUT2D eigenvalue weighted by Gasteiger charge is -2.10. The van der Waals surface area contributed by atoms with E-state index in [1.165, 1.54) is 0 Å². The van der Waals surface area contributed by atoms with Crippen molar-refractivity contribution in [2.24, 2.45) is 0 Å². The minimum atomic E-state index is -0.179. The summed E-state index contributed by atoms with van der Waals surface area (Å²) in [5, 5.41) is 18.5. The summed E-state index contributed by atoms with van der Waals surface area (Å²) in [5.74, 6) is 0.402. The Kier molecular flexibility index (Phi) is 4.02. The third-order valence-corrected chi connectivity index (χ3v) is 4.90. The SMILES string of the molecule is Cc1nn2c(-c3ccccc3NC(=O)c3ccccc3)nnc2c2ccccc12. The van der Waals surface area contributed by atoms with E-state index in [4.69, 9.17) is 5.10 Å². The number of rotatable bonds is 3. The first kappa shape index (κ1) is 17.1. The molecular weight excluding hydrogens is 362 g/mol. The number of hydrogen-bond acceptors (Lipinski definition) is 4. The van der Waals surface area contributed by atoms with Gasteiger partial charge in [-0.15, -0.1) is 10.2 Å². The lowest BCUT2D eigenvalue weighted by atomic mass is 10.1. The van der Waals surface area contributed by atoms with Gasteiger partial charge in [-0.3, -0.25) is 4.79 Å². The van der Waals surface area contributed by atoms with Gasteiger partial charge in [-0.2, -0.15) is 9.61 Å². The predicted octanol–water partition coefficient (Wildman–Crippen LogP) is 4.51. The summed E-state index contributed by atoms with van der Waals surface area (Å²) in [6, 6.07) is 24.7. The van der Waals surface area contributed by atoms with Crippen LogP contribution in [0.1, 0.15) is 16.1 Å². The van der Waals surface area contributed by atoms with E-state index in [9.17, 15) is 4.79 Å². The molecule has 0 unspecified atom stereocenters. The van der Waals surface area contributed by atoms with Gasteiger partial charge in [0.1, 0.15) is 0 Å². The van der Waals surface area contributed by atoms with Crippen molar-refractivity contribution < 1.29 is 4.79 Å². The molecule has 0 atom stereocenters. The van der Waals surface area contributed by atoms with E-state index >= 15 is 0 Å². The van der Waals surface area contributed by atoms with Gasteiger partial charge in [0.15, 0.2) is 11.5 Å². The largest absolute Gasteiger partial charge is 0.321 e. The van der Waals surface area contributed by atoms with E-state index in [0.29, 0.717) is 22.7 Å².